The van der Waals surface area contributed by atoms with Gasteiger partial charge in [-0.25, -0.2) is 4.98 Å². The number of pyridine rings is 1. The van der Waals surface area contributed by atoms with Crippen molar-refractivity contribution in [1.82, 2.24) is 9.88 Å². The lowest BCUT2D eigenvalue weighted by atomic mass is 10.1. The highest BCUT2D eigenvalue weighted by molar-refractivity contribution is 5.85. The van der Waals surface area contributed by atoms with Crippen LogP contribution in [0.15, 0.2) is 42.6 Å². The van der Waals surface area contributed by atoms with E-state index in [2.05, 4.69) is 34.7 Å². The first-order valence-corrected chi connectivity index (χ1v) is 8.87. The van der Waals surface area contributed by atoms with Crippen LogP contribution in [0.5, 0.6) is 5.75 Å². The molecule has 1 aliphatic rings. The predicted molar refractivity (Wildman–Crippen MR) is 115 cm³/mol. The van der Waals surface area contributed by atoms with E-state index in [1.54, 1.807) is 0 Å². The fourth-order valence-electron chi connectivity index (χ4n) is 3.26. The van der Waals surface area contributed by atoms with E-state index in [-0.39, 0.29) is 24.8 Å². The Balaban J connectivity index is 0.00000182. The first-order valence-electron chi connectivity index (χ1n) is 8.87. The Hall–Kier alpha value is -1.53. The van der Waals surface area contributed by atoms with Gasteiger partial charge in [0.1, 0.15) is 24.3 Å². The number of aryl methyl sites for hydroxylation is 2. The lowest BCUT2D eigenvalue weighted by molar-refractivity contribution is 0.0662. The van der Waals surface area contributed by atoms with Crippen molar-refractivity contribution >= 4 is 30.6 Å². The van der Waals surface area contributed by atoms with Crippen LogP contribution in [0.25, 0.3) is 0 Å². The van der Waals surface area contributed by atoms with Gasteiger partial charge in [-0.3, -0.25) is 4.90 Å². The summed E-state index contributed by atoms with van der Waals surface area (Å²) in [6.45, 7) is 8.79. The Morgan fingerprint density at radius 3 is 2.30 bits per heavy atom. The summed E-state index contributed by atoms with van der Waals surface area (Å²) in [6, 6.07) is 12.1. The Morgan fingerprint density at radius 1 is 1.04 bits per heavy atom. The van der Waals surface area contributed by atoms with E-state index in [1.807, 2.05) is 36.5 Å². The minimum absolute atomic E-state index is 0. The molecule has 3 rings (SSSR count). The van der Waals surface area contributed by atoms with Gasteiger partial charge < -0.3 is 14.7 Å². The molecule has 150 valence electrons. The van der Waals surface area contributed by atoms with E-state index in [0.717, 1.165) is 37.7 Å². The van der Waals surface area contributed by atoms with Crippen LogP contribution in [0.4, 0.5) is 5.82 Å². The Morgan fingerprint density at radius 2 is 1.70 bits per heavy atom. The molecule has 1 unspecified atom stereocenters. The number of rotatable bonds is 6. The topological polar surface area (TPSA) is 48.8 Å². The molecule has 0 bridgehead atoms. The molecular weight excluding hydrogens is 385 g/mol. The number of benzene rings is 1. The van der Waals surface area contributed by atoms with Gasteiger partial charge in [-0.2, -0.15) is 0 Å². The van der Waals surface area contributed by atoms with E-state index in [9.17, 15) is 5.11 Å². The predicted octanol–water partition coefficient (Wildman–Crippen LogP) is 3.10. The summed E-state index contributed by atoms with van der Waals surface area (Å²) >= 11 is 0. The number of aliphatic hydroxyl groups excluding tert-OH is 1. The minimum atomic E-state index is -0.484. The van der Waals surface area contributed by atoms with Crippen molar-refractivity contribution in [1.29, 1.82) is 0 Å². The van der Waals surface area contributed by atoms with Crippen molar-refractivity contribution in [3.05, 3.63) is 53.7 Å². The average molecular weight is 414 g/mol. The number of nitrogens with zero attached hydrogens (tertiary/aromatic N) is 3. The molecule has 1 aromatic carbocycles. The lowest BCUT2D eigenvalue weighted by Gasteiger charge is -2.36. The number of aliphatic hydroxyl groups is 1. The van der Waals surface area contributed by atoms with Crippen LogP contribution in [0.1, 0.15) is 11.1 Å². The van der Waals surface area contributed by atoms with Gasteiger partial charge in [0.15, 0.2) is 0 Å². The second-order valence-electron chi connectivity index (χ2n) is 6.76. The molecule has 1 N–H and O–H groups in total. The molecule has 1 fully saturated rings. The molecule has 0 saturated carbocycles. The molecule has 1 saturated heterocycles. The second-order valence-corrected chi connectivity index (χ2v) is 6.76. The van der Waals surface area contributed by atoms with Gasteiger partial charge in [-0.05, 0) is 49.2 Å². The summed E-state index contributed by atoms with van der Waals surface area (Å²) in [4.78, 5) is 8.98. The molecule has 2 heterocycles. The van der Waals surface area contributed by atoms with E-state index in [4.69, 9.17) is 4.74 Å². The van der Waals surface area contributed by atoms with Crippen molar-refractivity contribution in [3.63, 3.8) is 0 Å². The van der Waals surface area contributed by atoms with E-state index in [0.29, 0.717) is 13.2 Å². The molecule has 5 nitrogen and oxygen atoms in total. The second kappa shape index (κ2) is 11.3. The van der Waals surface area contributed by atoms with Gasteiger partial charge in [0.2, 0.25) is 0 Å². The van der Waals surface area contributed by atoms with Crippen molar-refractivity contribution in [2.45, 2.75) is 20.0 Å². The van der Waals surface area contributed by atoms with Crippen molar-refractivity contribution < 1.29 is 9.84 Å². The number of ether oxygens (including phenoxy) is 1. The van der Waals surface area contributed by atoms with Crippen LogP contribution >= 0.6 is 24.8 Å². The van der Waals surface area contributed by atoms with Gasteiger partial charge in [0.25, 0.3) is 0 Å². The van der Waals surface area contributed by atoms with Gasteiger partial charge in [-0.1, -0.05) is 12.1 Å². The molecule has 7 heteroatoms. The summed E-state index contributed by atoms with van der Waals surface area (Å²) in [6.07, 6.45) is 1.35. The molecular formula is C20H29Cl2N3O2. The highest BCUT2D eigenvalue weighted by atomic mass is 35.5. The quantitative estimate of drug-likeness (QED) is 0.787. The third-order valence-corrected chi connectivity index (χ3v) is 4.45. The maximum atomic E-state index is 10.3. The number of aromatic nitrogens is 1. The van der Waals surface area contributed by atoms with Crippen LogP contribution < -0.4 is 9.64 Å². The Bertz CT molecular complexity index is 660. The Labute approximate surface area is 174 Å². The summed E-state index contributed by atoms with van der Waals surface area (Å²) in [5, 5.41) is 10.3. The first kappa shape index (κ1) is 23.5. The fourth-order valence-corrected chi connectivity index (χ4v) is 3.26. The maximum absolute atomic E-state index is 10.3. The molecule has 0 spiro atoms. The van der Waals surface area contributed by atoms with Crippen LogP contribution in [-0.2, 0) is 0 Å². The molecule has 1 atom stereocenters. The Kier molecular flexibility index (Phi) is 9.88. The van der Waals surface area contributed by atoms with Crippen molar-refractivity contribution in [2.24, 2.45) is 0 Å². The number of β-amino-alcohol motifs (C(OH)–C–C–N with tert-alkyl or cyclic N) is 1. The average Bonchev–Trinajstić information content (AvgIpc) is 2.61. The zero-order chi connectivity index (χ0) is 17.6. The van der Waals surface area contributed by atoms with Gasteiger partial charge in [0.05, 0.1) is 0 Å². The number of hydrogen-bond donors (Lipinski definition) is 1. The summed E-state index contributed by atoms with van der Waals surface area (Å²) in [5.41, 5.74) is 2.35. The normalized spacial score (nSPS) is 15.4. The van der Waals surface area contributed by atoms with Crippen LogP contribution in [-0.4, -0.2) is 60.4 Å². The smallest absolute Gasteiger partial charge is 0.128 e. The first-order chi connectivity index (χ1) is 12.1. The largest absolute Gasteiger partial charge is 0.491 e. The third-order valence-electron chi connectivity index (χ3n) is 4.45. The van der Waals surface area contributed by atoms with Gasteiger partial charge >= 0.3 is 0 Å². The number of halogens is 2. The standard InChI is InChI=1S/C20H27N3O2.2ClH/c1-16-11-17(2)13-19(12-16)25-15-18(24)14-22-7-9-23(10-8-22)20-5-3-4-6-21-20;;/h3-6,11-13,18,24H,7-10,14-15H2,1-2H3;2*1H. The van der Waals surface area contributed by atoms with Gasteiger partial charge in [-0.15, -0.1) is 24.8 Å². The minimum Gasteiger partial charge on any atom is -0.491 e. The SMILES string of the molecule is Cc1cc(C)cc(OCC(O)CN2CCN(c3ccccn3)CC2)c1.Cl.Cl. The number of anilines is 1. The summed E-state index contributed by atoms with van der Waals surface area (Å²) in [5.74, 6) is 1.86. The zero-order valence-corrected chi connectivity index (χ0v) is 17.5. The summed E-state index contributed by atoms with van der Waals surface area (Å²) in [7, 11) is 0. The van der Waals surface area contributed by atoms with Crippen LogP contribution in [0.3, 0.4) is 0 Å². The van der Waals surface area contributed by atoms with Crippen molar-refractivity contribution in [3.8, 4) is 5.75 Å². The molecule has 0 radical (unpaired) electrons. The lowest BCUT2D eigenvalue weighted by Crippen LogP contribution is -2.49. The van der Waals surface area contributed by atoms with Crippen molar-refractivity contribution in [2.75, 3.05) is 44.2 Å². The molecule has 0 amide bonds. The molecule has 0 aliphatic carbocycles. The van der Waals surface area contributed by atoms with E-state index >= 15 is 0 Å². The monoisotopic (exact) mass is 413 g/mol. The van der Waals surface area contributed by atoms with E-state index < -0.39 is 6.10 Å². The van der Waals surface area contributed by atoms with Crippen LogP contribution in [0.2, 0.25) is 0 Å². The van der Waals surface area contributed by atoms with Crippen LogP contribution in [0, 0.1) is 13.8 Å². The molecule has 27 heavy (non-hydrogen) atoms. The highest BCUT2D eigenvalue weighted by Gasteiger charge is 2.20. The maximum Gasteiger partial charge on any atom is 0.128 e. The molecule has 1 aromatic heterocycles. The highest BCUT2D eigenvalue weighted by Crippen LogP contribution is 2.17. The zero-order valence-electron chi connectivity index (χ0n) is 15.9. The van der Waals surface area contributed by atoms with E-state index in [1.165, 1.54) is 11.1 Å². The summed E-state index contributed by atoms with van der Waals surface area (Å²) < 4.78 is 5.76. The van der Waals surface area contributed by atoms with Gasteiger partial charge in [0, 0.05) is 38.9 Å². The number of hydrogen-bond acceptors (Lipinski definition) is 5. The molecule has 1 aliphatic heterocycles. The number of piperazine rings is 1. The third kappa shape index (κ3) is 7.18. The molecule has 2 aromatic rings. The fraction of sp³-hybridized carbons (Fsp3) is 0.450.